The van der Waals surface area contributed by atoms with E-state index in [4.69, 9.17) is 0 Å². The zero-order valence-electron chi connectivity index (χ0n) is 13.2. The quantitative estimate of drug-likeness (QED) is 0.263. The maximum absolute atomic E-state index is 4.23. The van der Waals surface area contributed by atoms with Crippen molar-refractivity contribution in [1.82, 2.24) is 15.5 Å². The van der Waals surface area contributed by atoms with E-state index in [-0.39, 0.29) is 24.0 Å². The second-order valence-electron chi connectivity index (χ2n) is 4.51. The number of halogens is 1. The first-order valence-corrected chi connectivity index (χ1v) is 7.45. The number of nitrogens with zero attached hydrogens (tertiary/aromatic N) is 2. The molecule has 0 saturated heterocycles. The minimum absolute atomic E-state index is 0. The van der Waals surface area contributed by atoms with Gasteiger partial charge in [0, 0.05) is 26.7 Å². The molecule has 116 valence electrons. The van der Waals surface area contributed by atoms with Gasteiger partial charge in [-0.3, -0.25) is 4.99 Å². The molecule has 2 N–H and O–H groups in total. The summed E-state index contributed by atoms with van der Waals surface area (Å²) in [5.41, 5.74) is 0. The van der Waals surface area contributed by atoms with Crippen molar-refractivity contribution in [3.05, 3.63) is 0 Å². The fraction of sp³-hybridized carbons (Fsp3) is 0.929. The van der Waals surface area contributed by atoms with Crippen LogP contribution in [0.3, 0.4) is 0 Å². The van der Waals surface area contributed by atoms with Crippen molar-refractivity contribution in [2.24, 2.45) is 4.99 Å². The first-order valence-electron chi connectivity index (χ1n) is 7.45. The van der Waals surface area contributed by atoms with Gasteiger partial charge in [0.1, 0.15) is 0 Å². The Morgan fingerprint density at radius 2 is 1.58 bits per heavy atom. The van der Waals surface area contributed by atoms with Crippen LogP contribution in [-0.2, 0) is 0 Å². The summed E-state index contributed by atoms with van der Waals surface area (Å²) in [6.45, 7) is 11.9. The standard InChI is InChI=1S/C14H32N4.HI/c1-5-8-9-10-11-16-14(15-4)17-12-13-18(6-2)7-3;/h5-13H2,1-4H3,(H2,15,16,17);1H. The molecule has 5 heteroatoms. The van der Waals surface area contributed by atoms with E-state index in [0.717, 1.165) is 38.7 Å². The average Bonchev–Trinajstić information content (AvgIpc) is 2.41. The largest absolute Gasteiger partial charge is 0.356 e. The Morgan fingerprint density at radius 1 is 0.947 bits per heavy atom. The van der Waals surface area contributed by atoms with Gasteiger partial charge in [0.2, 0.25) is 0 Å². The van der Waals surface area contributed by atoms with Gasteiger partial charge < -0.3 is 15.5 Å². The number of nitrogens with one attached hydrogen (secondary N) is 2. The molecule has 0 aliphatic rings. The lowest BCUT2D eigenvalue weighted by atomic mass is 10.2. The van der Waals surface area contributed by atoms with Crippen LogP contribution in [0.1, 0.15) is 46.5 Å². The van der Waals surface area contributed by atoms with Crippen molar-refractivity contribution in [2.75, 3.05) is 39.8 Å². The van der Waals surface area contributed by atoms with Gasteiger partial charge in [0.25, 0.3) is 0 Å². The van der Waals surface area contributed by atoms with Gasteiger partial charge in [-0.05, 0) is 19.5 Å². The molecule has 19 heavy (non-hydrogen) atoms. The molecule has 0 spiro atoms. The first kappa shape index (κ1) is 21.3. The molecule has 0 aromatic rings. The van der Waals surface area contributed by atoms with Crippen LogP contribution >= 0.6 is 24.0 Å². The summed E-state index contributed by atoms with van der Waals surface area (Å²) >= 11 is 0. The van der Waals surface area contributed by atoms with Crippen molar-refractivity contribution in [3.63, 3.8) is 0 Å². The highest BCUT2D eigenvalue weighted by Gasteiger charge is 2.00. The molecule has 0 aliphatic heterocycles. The molecule has 0 aliphatic carbocycles. The van der Waals surface area contributed by atoms with Crippen molar-refractivity contribution >= 4 is 29.9 Å². The summed E-state index contributed by atoms with van der Waals surface area (Å²) in [7, 11) is 1.83. The summed E-state index contributed by atoms with van der Waals surface area (Å²) in [5.74, 6) is 0.929. The van der Waals surface area contributed by atoms with Crippen LogP contribution in [-0.4, -0.2) is 50.6 Å². The third-order valence-electron chi connectivity index (χ3n) is 3.16. The zero-order valence-corrected chi connectivity index (χ0v) is 15.5. The monoisotopic (exact) mass is 384 g/mol. The van der Waals surface area contributed by atoms with Crippen molar-refractivity contribution < 1.29 is 0 Å². The maximum atomic E-state index is 4.23. The number of guanidine groups is 1. The van der Waals surface area contributed by atoms with Crippen LogP contribution in [0.15, 0.2) is 4.99 Å². The van der Waals surface area contributed by atoms with E-state index in [9.17, 15) is 0 Å². The molecule has 0 unspecified atom stereocenters. The minimum Gasteiger partial charge on any atom is -0.356 e. The molecular weight excluding hydrogens is 351 g/mol. The second kappa shape index (κ2) is 16.0. The molecule has 4 nitrogen and oxygen atoms in total. The lowest BCUT2D eigenvalue weighted by Crippen LogP contribution is -2.41. The van der Waals surface area contributed by atoms with Gasteiger partial charge in [-0.25, -0.2) is 0 Å². The Kier molecular flexibility index (Phi) is 17.9. The minimum atomic E-state index is 0. The predicted molar refractivity (Wildman–Crippen MR) is 96.7 cm³/mol. The molecule has 0 bridgehead atoms. The van der Waals surface area contributed by atoms with Gasteiger partial charge >= 0.3 is 0 Å². The van der Waals surface area contributed by atoms with E-state index in [0.29, 0.717) is 0 Å². The molecule has 0 saturated carbocycles. The topological polar surface area (TPSA) is 39.7 Å². The number of likely N-dealkylation sites (N-methyl/N-ethyl adjacent to an activating group) is 1. The molecule has 0 amide bonds. The third kappa shape index (κ3) is 12.7. The summed E-state index contributed by atoms with van der Waals surface area (Å²) in [6, 6.07) is 0. The van der Waals surface area contributed by atoms with Gasteiger partial charge in [0.05, 0.1) is 0 Å². The highest BCUT2D eigenvalue weighted by Crippen LogP contribution is 1.96. The molecule has 0 radical (unpaired) electrons. The maximum Gasteiger partial charge on any atom is 0.191 e. The fourth-order valence-corrected chi connectivity index (χ4v) is 1.85. The normalized spacial score (nSPS) is 11.3. The third-order valence-corrected chi connectivity index (χ3v) is 3.16. The highest BCUT2D eigenvalue weighted by atomic mass is 127. The Hall–Kier alpha value is -0.0400. The summed E-state index contributed by atoms with van der Waals surface area (Å²) in [5, 5.41) is 6.72. The average molecular weight is 384 g/mol. The summed E-state index contributed by atoms with van der Waals surface area (Å²) < 4.78 is 0. The number of unbranched alkanes of at least 4 members (excludes halogenated alkanes) is 3. The van der Waals surface area contributed by atoms with E-state index in [1.807, 2.05) is 7.05 Å². The van der Waals surface area contributed by atoms with Crippen molar-refractivity contribution in [2.45, 2.75) is 46.5 Å². The van der Waals surface area contributed by atoms with Crippen LogP contribution in [0.25, 0.3) is 0 Å². The van der Waals surface area contributed by atoms with Gasteiger partial charge in [-0.2, -0.15) is 0 Å². The fourth-order valence-electron chi connectivity index (χ4n) is 1.85. The number of rotatable bonds is 10. The van der Waals surface area contributed by atoms with Crippen LogP contribution < -0.4 is 10.6 Å². The van der Waals surface area contributed by atoms with Crippen LogP contribution in [0, 0.1) is 0 Å². The van der Waals surface area contributed by atoms with E-state index in [1.54, 1.807) is 0 Å². The van der Waals surface area contributed by atoms with Gasteiger partial charge in [0.15, 0.2) is 5.96 Å². The van der Waals surface area contributed by atoms with E-state index in [1.165, 1.54) is 25.7 Å². The number of hydrogen-bond acceptors (Lipinski definition) is 2. The molecule has 0 aromatic carbocycles. The Labute approximate surface area is 136 Å². The molecule has 0 rings (SSSR count). The van der Waals surface area contributed by atoms with Crippen LogP contribution in [0.4, 0.5) is 0 Å². The van der Waals surface area contributed by atoms with Crippen molar-refractivity contribution in [1.29, 1.82) is 0 Å². The van der Waals surface area contributed by atoms with Crippen molar-refractivity contribution in [3.8, 4) is 0 Å². The van der Waals surface area contributed by atoms with Gasteiger partial charge in [-0.1, -0.05) is 40.0 Å². The van der Waals surface area contributed by atoms with Crippen LogP contribution in [0.2, 0.25) is 0 Å². The molecule has 0 heterocycles. The van der Waals surface area contributed by atoms with E-state index in [2.05, 4.69) is 41.3 Å². The summed E-state index contributed by atoms with van der Waals surface area (Å²) in [4.78, 5) is 6.63. The Bertz CT molecular complexity index is 206. The lowest BCUT2D eigenvalue weighted by molar-refractivity contribution is 0.308. The zero-order chi connectivity index (χ0) is 13.6. The Morgan fingerprint density at radius 3 is 2.11 bits per heavy atom. The van der Waals surface area contributed by atoms with E-state index < -0.39 is 0 Å². The molecule has 0 fully saturated rings. The highest BCUT2D eigenvalue weighted by molar-refractivity contribution is 14.0. The second-order valence-corrected chi connectivity index (χ2v) is 4.51. The predicted octanol–water partition coefficient (Wildman–Crippen LogP) is 2.69. The number of aliphatic imine (C=N–C) groups is 1. The lowest BCUT2D eigenvalue weighted by Gasteiger charge is -2.19. The Balaban J connectivity index is 0. The van der Waals surface area contributed by atoms with E-state index >= 15 is 0 Å². The molecule has 0 aromatic heterocycles. The number of hydrogen-bond donors (Lipinski definition) is 2. The smallest absolute Gasteiger partial charge is 0.191 e. The van der Waals surface area contributed by atoms with Crippen LogP contribution in [0.5, 0.6) is 0 Å². The molecule has 0 atom stereocenters. The first-order chi connectivity index (χ1) is 8.78. The molecular formula is C14H33IN4. The summed E-state index contributed by atoms with van der Waals surface area (Å²) in [6.07, 6.45) is 5.15. The van der Waals surface area contributed by atoms with Gasteiger partial charge in [-0.15, -0.1) is 24.0 Å². The SMILES string of the molecule is CCCCCCNC(=NC)NCCN(CC)CC.I.